The second-order valence-electron chi connectivity index (χ2n) is 7.61. The van der Waals surface area contributed by atoms with Gasteiger partial charge in [-0.05, 0) is 65.6 Å². The van der Waals surface area contributed by atoms with Gasteiger partial charge in [0.1, 0.15) is 11.4 Å². The van der Waals surface area contributed by atoms with Gasteiger partial charge in [0.25, 0.3) is 5.91 Å². The van der Waals surface area contributed by atoms with Crippen LogP contribution >= 0.6 is 11.6 Å². The summed E-state index contributed by atoms with van der Waals surface area (Å²) < 4.78 is 18.5. The Bertz CT molecular complexity index is 1130. The fraction of sp³-hybridized carbons (Fsp3) is 0.200. The first-order chi connectivity index (χ1) is 14.9. The van der Waals surface area contributed by atoms with E-state index in [9.17, 15) is 14.0 Å². The van der Waals surface area contributed by atoms with Gasteiger partial charge in [-0.1, -0.05) is 41.9 Å². The van der Waals surface area contributed by atoms with Gasteiger partial charge in [0.15, 0.2) is 0 Å². The highest BCUT2D eigenvalue weighted by Crippen LogP contribution is 2.35. The van der Waals surface area contributed by atoms with Gasteiger partial charge in [-0.15, -0.1) is 0 Å². The zero-order valence-electron chi connectivity index (χ0n) is 17.0. The van der Waals surface area contributed by atoms with Crippen molar-refractivity contribution in [2.75, 3.05) is 6.61 Å². The van der Waals surface area contributed by atoms with Crippen LogP contribution in [0.3, 0.4) is 0 Å². The molecular weight excluding hydrogens is 417 g/mol. The zero-order chi connectivity index (χ0) is 22.0. The van der Waals surface area contributed by atoms with Crippen LogP contribution in [0.2, 0.25) is 5.02 Å². The highest BCUT2D eigenvalue weighted by molar-refractivity contribution is 6.30. The molecule has 0 spiro atoms. The van der Waals surface area contributed by atoms with Crippen LogP contribution in [0.1, 0.15) is 28.4 Å². The molecule has 1 aliphatic carbocycles. The van der Waals surface area contributed by atoms with Crippen LogP contribution in [0.25, 0.3) is 11.1 Å². The molecule has 1 atom stereocenters. The molecule has 31 heavy (non-hydrogen) atoms. The lowest BCUT2D eigenvalue weighted by Crippen LogP contribution is -2.56. The van der Waals surface area contributed by atoms with Crippen LogP contribution < -0.4 is 5.32 Å². The Labute approximate surface area is 185 Å². The number of fused-ring (bicyclic) bond motifs is 1. The Morgan fingerprint density at radius 2 is 1.61 bits per heavy atom. The Morgan fingerprint density at radius 1 is 0.968 bits per heavy atom. The number of ether oxygens (including phenoxy) is 1. The summed E-state index contributed by atoms with van der Waals surface area (Å²) in [5.41, 5.74) is 3.03. The molecule has 1 unspecified atom stereocenters. The number of esters is 1. The molecular formula is C25H21ClFNO3. The van der Waals surface area contributed by atoms with E-state index in [-0.39, 0.29) is 12.2 Å². The van der Waals surface area contributed by atoms with Gasteiger partial charge in [0, 0.05) is 23.4 Å². The molecule has 4 rings (SSSR count). The third kappa shape index (κ3) is 4.32. The van der Waals surface area contributed by atoms with Crippen molar-refractivity contribution in [2.24, 2.45) is 0 Å². The molecule has 3 aromatic rings. The standard InChI is InChI=1S/C25H21ClFNO3/c1-2-31-24(30)25(28-23(29)17-7-11-22(27)12-8-17)14-19-4-3-18(13-20(19)15-25)16-5-9-21(26)10-6-16/h3-13H,2,14-15H2,1H3,(H,28,29). The monoisotopic (exact) mass is 437 g/mol. The van der Waals surface area contributed by atoms with Gasteiger partial charge in [-0.2, -0.15) is 0 Å². The van der Waals surface area contributed by atoms with E-state index in [1.807, 2.05) is 42.5 Å². The van der Waals surface area contributed by atoms with E-state index in [0.717, 1.165) is 22.3 Å². The lowest BCUT2D eigenvalue weighted by atomic mass is 9.95. The number of carbonyl (C=O) groups excluding carboxylic acids is 2. The molecule has 0 fully saturated rings. The molecule has 4 nitrogen and oxygen atoms in total. The van der Waals surface area contributed by atoms with E-state index in [1.54, 1.807) is 6.92 Å². The highest BCUT2D eigenvalue weighted by Gasteiger charge is 2.46. The molecule has 6 heteroatoms. The number of halogens is 2. The molecule has 3 aromatic carbocycles. The molecule has 0 saturated carbocycles. The number of rotatable bonds is 5. The molecule has 0 heterocycles. The number of hydrogen-bond acceptors (Lipinski definition) is 3. The zero-order valence-corrected chi connectivity index (χ0v) is 17.7. The summed E-state index contributed by atoms with van der Waals surface area (Å²) in [7, 11) is 0. The number of amides is 1. The number of hydrogen-bond donors (Lipinski definition) is 1. The summed E-state index contributed by atoms with van der Waals surface area (Å²) >= 11 is 5.99. The van der Waals surface area contributed by atoms with Gasteiger partial charge in [0.2, 0.25) is 0 Å². The maximum absolute atomic E-state index is 13.2. The molecule has 0 bridgehead atoms. The quantitative estimate of drug-likeness (QED) is 0.573. The summed E-state index contributed by atoms with van der Waals surface area (Å²) in [6.07, 6.45) is 0.643. The summed E-state index contributed by atoms with van der Waals surface area (Å²) in [6.45, 7) is 1.94. The van der Waals surface area contributed by atoms with Crippen LogP contribution in [0, 0.1) is 5.82 Å². The predicted molar refractivity (Wildman–Crippen MR) is 118 cm³/mol. The minimum Gasteiger partial charge on any atom is -0.464 e. The van der Waals surface area contributed by atoms with Crippen LogP contribution in [0.4, 0.5) is 4.39 Å². The third-order valence-electron chi connectivity index (χ3n) is 5.49. The molecule has 1 amide bonds. The highest BCUT2D eigenvalue weighted by atomic mass is 35.5. The number of carbonyl (C=O) groups is 2. The average molecular weight is 438 g/mol. The summed E-state index contributed by atoms with van der Waals surface area (Å²) in [5.74, 6) is -1.35. The van der Waals surface area contributed by atoms with E-state index in [1.165, 1.54) is 24.3 Å². The normalized spacial score (nSPS) is 17.1. The van der Waals surface area contributed by atoms with Gasteiger partial charge in [-0.25, -0.2) is 9.18 Å². The van der Waals surface area contributed by atoms with Gasteiger partial charge >= 0.3 is 5.97 Å². The van der Waals surface area contributed by atoms with Crippen molar-refractivity contribution < 1.29 is 18.7 Å². The van der Waals surface area contributed by atoms with Crippen LogP contribution in [-0.4, -0.2) is 24.0 Å². The Morgan fingerprint density at radius 3 is 2.29 bits per heavy atom. The van der Waals surface area contributed by atoms with Crippen molar-refractivity contribution >= 4 is 23.5 Å². The van der Waals surface area contributed by atoms with Crippen molar-refractivity contribution in [3.05, 3.63) is 94.3 Å². The van der Waals surface area contributed by atoms with E-state index >= 15 is 0 Å². The van der Waals surface area contributed by atoms with Gasteiger partial charge < -0.3 is 10.1 Å². The van der Waals surface area contributed by atoms with E-state index in [4.69, 9.17) is 16.3 Å². The van der Waals surface area contributed by atoms with E-state index < -0.39 is 23.2 Å². The largest absolute Gasteiger partial charge is 0.464 e. The number of nitrogens with one attached hydrogen (secondary N) is 1. The minimum atomic E-state index is -1.21. The SMILES string of the molecule is CCOC(=O)C1(NC(=O)c2ccc(F)cc2)Cc2ccc(-c3ccc(Cl)cc3)cc2C1. The second kappa shape index (κ2) is 8.52. The predicted octanol–water partition coefficient (Wildman–Crippen LogP) is 4.98. The molecule has 0 aromatic heterocycles. The smallest absolute Gasteiger partial charge is 0.332 e. The van der Waals surface area contributed by atoms with Crippen LogP contribution in [0.15, 0.2) is 66.7 Å². The lowest BCUT2D eigenvalue weighted by molar-refractivity contribution is -0.150. The van der Waals surface area contributed by atoms with Gasteiger partial charge in [-0.3, -0.25) is 4.79 Å². The molecule has 0 saturated heterocycles. The Hall–Kier alpha value is -3.18. The number of benzene rings is 3. The van der Waals surface area contributed by atoms with Crippen LogP contribution in [-0.2, 0) is 22.4 Å². The molecule has 158 valence electrons. The molecule has 0 aliphatic heterocycles. The summed E-state index contributed by atoms with van der Waals surface area (Å²) in [5, 5.41) is 3.53. The first kappa shape index (κ1) is 21.1. The first-order valence-electron chi connectivity index (χ1n) is 10.0. The summed E-state index contributed by atoms with van der Waals surface area (Å²) in [6, 6.07) is 18.8. The van der Waals surface area contributed by atoms with Crippen LogP contribution in [0.5, 0.6) is 0 Å². The van der Waals surface area contributed by atoms with Crippen molar-refractivity contribution in [2.45, 2.75) is 25.3 Å². The first-order valence-corrected chi connectivity index (χ1v) is 10.4. The maximum atomic E-state index is 13.2. The topological polar surface area (TPSA) is 55.4 Å². The Balaban J connectivity index is 1.64. The van der Waals surface area contributed by atoms with E-state index in [2.05, 4.69) is 5.32 Å². The van der Waals surface area contributed by atoms with Crippen molar-refractivity contribution in [1.82, 2.24) is 5.32 Å². The van der Waals surface area contributed by atoms with Crippen molar-refractivity contribution in [3.8, 4) is 11.1 Å². The molecule has 0 radical (unpaired) electrons. The average Bonchev–Trinajstić information content (AvgIpc) is 3.13. The maximum Gasteiger partial charge on any atom is 0.332 e. The van der Waals surface area contributed by atoms with E-state index in [0.29, 0.717) is 17.9 Å². The second-order valence-corrected chi connectivity index (χ2v) is 8.04. The fourth-order valence-electron chi connectivity index (χ4n) is 3.94. The lowest BCUT2D eigenvalue weighted by Gasteiger charge is -2.28. The Kier molecular flexibility index (Phi) is 5.79. The van der Waals surface area contributed by atoms with Crippen molar-refractivity contribution in [3.63, 3.8) is 0 Å². The van der Waals surface area contributed by atoms with Gasteiger partial charge in [0.05, 0.1) is 6.61 Å². The van der Waals surface area contributed by atoms with Crippen molar-refractivity contribution in [1.29, 1.82) is 0 Å². The molecule has 1 aliphatic rings. The molecule has 1 N–H and O–H groups in total. The summed E-state index contributed by atoms with van der Waals surface area (Å²) in [4.78, 5) is 25.8. The minimum absolute atomic E-state index is 0.208. The fourth-order valence-corrected chi connectivity index (χ4v) is 4.07. The third-order valence-corrected chi connectivity index (χ3v) is 5.75.